The molecule has 1 amide bonds. The van der Waals surface area contributed by atoms with E-state index in [2.05, 4.69) is 5.32 Å². The summed E-state index contributed by atoms with van der Waals surface area (Å²) in [4.78, 5) is 13.2. The van der Waals surface area contributed by atoms with Gasteiger partial charge in [-0.1, -0.05) is 6.07 Å². The molecule has 0 spiro atoms. The lowest BCUT2D eigenvalue weighted by Gasteiger charge is -2.13. The highest BCUT2D eigenvalue weighted by Gasteiger charge is 2.14. The first-order valence-corrected chi connectivity index (χ1v) is 8.35. The van der Waals surface area contributed by atoms with E-state index in [9.17, 15) is 9.90 Å². The molecule has 0 saturated carbocycles. The van der Waals surface area contributed by atoms with Gasteiger partial charge in [-0.05, 0) is 48.9 Å². The highest BCUT2D eigenvalue weighted by Crippen LogP contribution is 2.27. The number of hydrogen-bond acceptors (Lipinski definition) is 5. The van der Waals surface area contributed by atoms with Crippen molar-refractivity contribution in [1.29, 1.82) is 0 Å². The van der Waals surface area contributed by atoms with Crippen LogP contribution in [0.2, 0.25) is 0 Å². The standard InChI is InChI=1S/C18H21NO4S/c1-12(24-15-7-5-14(22-2)6-8-15)18(21)19-11-13-4-9-16(20)17(10-13)23-3/h4-10,12,20H,11H2,1-3H3,(H,19,21). The highest BCUT2D eigenvalue weighted by atomic mass is 32.2. The van der Waals surface area contributed by atoms with Crippen molar-refractivity contribution in [3.8, 4) is 17.2 Å². The Morgan fingerprint density at radius 1 is 1.17 bits per heavy atom. The number of thioether (sulfide) groups is 1. The molecule has 0 saturated heterocycles. The van der Waals surface area contributed by atoms with Crippen LogP contribution in [0.1, 0.15) is 12.5 Å². The Balaban J connectivity index is 1.89. The van der Waals surface area contributed by atoms with Crippen LogP contribution in [0.4, 0.5) is 0 Å². The second-order valence-corrected chi connectivity index (χ2v) is 6.57. The summed E-state index contributed by atoms with van der Waals surface area (Å²) in [6.45, 7) is 2.24. The van der Waals surface area contributed by atoms with Crippen LogP contribution in [-0.2, 0) is 11.3 Å². The van der Waals surface area contributed by atoms with Crippen molar-refractivity contribution in [2.24, 2.45) is 0 Å². The van der Waals surface area contributed by atoms with Crippen molar-refractivity contribution in [2.45, 2.75) is 23.6 Å². The van der Waals surface area contributed by atoms with E-state index in [4.69, 9.17) is 9.47 Å². The average molecular weight is 347 g/mol. The third-order valence-electron chi connectivity index (χ3n) is 3.45. The lowest BCUT2D eigenvalue weighted by Crippen LogP contribution is -2.30. The predicted molar refractivity (Wildman–Crippen MR) is 94.8 cm³/mol. The van der Waals surface area contributed by atoms with Gasteiger partial charge in [0.25, 0.3) is 0 Å². The zero-order chi connectivity index (χ0) is 17.5. The van der Waals surface area contributed by atoms with Crippen LogP contribution in [0.5, 0.6) is 17.2 Å². The first kappa shape index (κ1) is 18.0. The van der Waals surface area contributed by atoms with Gasteiger partial charge in [-0.15, -0.1) is 11.8 Å². The lowest BCUT2D eigenvalue weighted by atomic mass is 10.2. The molecule has 2 rings (SSSR count). The van der Waals surface area contributed by atoms with Gasteiger partial charge in [-0.25, -0.2) is 0 Å². The zero-order valence-electron chi connectivity index (χ0n) is 13.9. The Morgan fingerprint density at radius 2 is 1.88 bits per heavy atom. The van der Waals surface area contributed by atoms with E-state index in [1.165, 1.54) is 18.9 Å². The fourth-order valence-corrected chi connectivity index (χ4v) is 2.97. The highest BCUT2D eigenvalue weighted by molar-refractivity contribution is 8.00. The van der Waals surface area contributed by atoms with Crippen LogP contribution in [0.3, 0.4) is 0 Å². The van der Waals surface area contributed by atoms with Crippen LogP contribution >= 0.6 is 11.8 Å². The van der Waals surface area contributed by atoms with Crippen LogP contribution in [0.15, 0.2) is 47.4 Å². The number of methoxy groups -OCH3 is 2. The summed E-state index contributed by atoms with van der Waals surface area (Å²) in [5.41, 5.74) is 0.861. The molecule has 0 bridgehead atoms. The minimum atomic E-state index is -0.225. The summed E-state index contributed by atoms with van der Waals surface area (Å²) in [5, 5.41) is 12.2. The van der Waals surface area contributed by atoms with Crippen molar-refractivity contribution >= 4 is 17.7 Å². The van der Waals surface area contributed by atoms with Gasteiger partial charge in [-0.2, -0.15) is 0 Å². The summed E-state index contributed by atoms with van der Waals surface area (Å²) in [6.07, 6.45) is 0. The van der Waals surface area contributed by atoms with E-state index in [0.717, 1.165) is 16.2 Å². The number of ether oxygens (including phenoxy) is 2. The minimum absolute atomic E-state index is 0.0529. The molecule has 2 aromatic carbocycles. The summed E-state index contributed by atoms with van der Waals surface area (Å²) in [7, 11) is 3.11. The maximum Gasteiger partial charge on any atom is 0.233 e. The molecule has 0 aromatic heterocycles. The molecule has 2 aromatic rings. The normalized spacial score (nSPS) is 11.6. The first-order valence-electron chi connectivity index (χ1n) is 7.47. The van der Waals surface area contributed by atoms with Crippen LogP contribution in [0, 0.1) is 0 Å². The van der Waals surface area contributed by atoms with Gasteiger partial charge < -0.3 is 19.9 Å². The fraction of sp³-hybridized carbons (Fsp3) is 0.278. The maximum atomic E-state index is 12.2. The summed E-state index contributed by atoms with van der Waals surface area (Å²) in [5.74, 6) is 1.21. The van der Waals surface area contributed by atoms with E-state index in [1.807, 2.05) is 31.2 Å². The number of phenols is 1. The second kappa shape index (κ2) is 8.49. The van der Waals surface area contributed by atoms with Crippen molar-refractivity contribution in [3.05, 3.63) is 48.0 Å². The molecule has 0 aliphatic carbocycles. The van der Waals surface area contributed by atoms with Crippen LogP contribution < -0.4 is 14.8 Å². The topological polar surface area (TPSA) is 67.8 Å². The van der Waals surface area contributed by atoms with Gasteiger partial charge in [0.1, 0.15) is 5.75 Å². The monoisotopic (exact) mass is 347 g/mol. The zero-order valence-corrected chi connectivity index (χ0v) is 14.7. The summed E-state index contributed by atoms with van der Waals surface area (Å²) < 4.78 is 10.2. The summed E-state index contributed by atoms with van der Waals surface area (Å²) in [6, 6.07) is 12.6. The van der Waals surface area contributed by atoms with Gasteiger partial charge in [0.2, 0.25) is 5.91 Å². The van der Waals surface area contributed by atoms with Crippen molar-refractivity contribution < 1.29 is 19.4 Å². The number of benzene rings is 2. The number of amides is 1. The number of carbonyl (C=O) groups excluding carboxylic acids is 1. The van der Waals surface area contributed by atoms with E-state index >= 15 is 0 Å². The molecule has 1 atom stereocenters. The molecular weight excluding hydrogens is 326 g/mol. The third kappa shape index (κ3) is 4.83. The number of aromatic hydroxyl groups is 1. The molecule has 128 valence electrons. The Kier molecular flexibility index (Phi) is 6.37. The maximum absolute atomic E-state index is 12.2. The van der Waals surface area contributed by atoms with E-state index < -0.39 is 0 Å². The summed E-state index contributed by atoms with van der Waals surface area (Å²) >= 11 is 1.48. The van der Waals surface area contributed by atoms with E-state index in [1.54, 1.807) is 25.3 Å². The Labute approximate surface area is 146 Å². The van der Waals surface area contributed by atoms with Crippen molar-refractivity contribution in [3.63, 3.8) is 0 Å². The van der Waals surface area contributed by atoms with Crippen LogP contribution in [0.25, 0.3) is 0 Å². The van der Waals surface area contributed by atoms with Gasteiger partial charge in [-0.3, -0.25) is 4.79 Å². The minimum Gasteiger partial charge on any atom is -0.504 e. The largest absolute Gasteiger partial charge is 0.504 e. The molecule has 5 nitrogen and oxygen atoms in total. The Morgan fingerprint density at radius 3 is 2.50 bits per heavy atom. The smallest absolute Gasteiger partial charge is 0.233 e. The molecule has 0 radical (unpaired) electrons. The molecule has 0 aliphatic heterocycles. The second-order valence-electron chi connectivity index (χ2n) is 5.16. The molecule has 0 heterocycles. The molecule has 6 heteroatoms. The van der Waals surface area contributed by atoms with E-state index in [-0.39, 0.29) is 16.9 Å². The molecule has 2 N–H and O–H groups in total. The molecular formula is C18H21NO4S. The lowest BCUT2D eigenvalue weighted by molar-refractivity contribution is -0.120. The number of hydrogen-bond donors (Lipinski definition) is 2. The fourth-order valence-electron chi connectivity index (χ4n) is 2.08. The third-order valence-corrected chi connectivity index (χ3v) is 4.56. The van der Waals surface area contributed by atoms with Gasteiger partial charge >= 0.3 is 0 Å². The number of carbonyl (C=O) groups is 1. The Hall–Kier alpha value is -2.34. The Bertz CT molecular complexity index is 688. The molecule has 24 heavy (non-hydrogen) atoms. The van der Waals surface area contributed by atoms with Gasteiger partial charge in [0.05, 0.1) is 19.5 Å². The number of phenolic OH excluding ortho intramolecular Hbond substituents is 1. The number of nitrogens with one attached hydrogen (secondary N) is 1. The predicted octanol–water partition coefficient (Wildman–Crippen LogP) is 3.21. The molecule has 0 fully saturated rings. The van der Waals surface area contributed by atoms with Crippen LogP contribution in [-0.4, -0.2) is 30.5 Å². The van der Waals surface area contributed by atoms with Crippen molar-refractivity contribution in [1.82, 2.24) is 5.32 Å². The van der Waals surface area contributed by atoms with E-state index in [0.29, 0.717) is 12.3 Å². The SMILES string of the molecule is COc1ccc(SC(C)C(=O)NCc2ccc(O)c(OC)c2)cc1. The van der Waals surface area contributed by atoms with Gasteiger partial charge in [0.15, 0.2) is 11.5 Å². The van der Waals surface area contributed by atoms with Gasteiger partial charge in [0, 0.05) is 11.4 Å². The first-order chi connectivity index (χ1) is 11.5. The average Bonchev–Trinajstić information content (AvgIpc) is 2.61. The quantitative estimate of drug-likeness (QED) is 0.753. The molecule has 0 aliphatic rings. The van der Waals surface area contributed by atoms with Crippen molar-refractivity contribution in [2.75, 3.05) is 14.2 Å². The molecule has 1 unspecified atom stereocenters. The number of rotatable bonds is 7.